The third-order valence-corrected chi connectivity index (χ3v) is 5.25. The van der Waals surface area contributed by atoms with Crippen molar-refractivity contribution in [3.05, 3.63) is 65.7 Å². The summed E-state index contributed by atoms with van der Waals surface area (Å²) in [5.74, 6) is 0.416. The molecule has 2 aromatic rings. The summed E-state index contributed by atoms with van der Waals surface area (Å²) in [6, 6.07) is 15.0. The normalized spacial score (nSPS) is 10.5. The first-order valence-electron chi connectivity index (χ1n) is 8.35. The van der Waals surface area contributed by atoms with E-state index in [4.69, 9.17) is 0 Å². The number of thioether (sulfide) groups is 1. The molecule has 2 amide bonds. The molecule has 2 rings (SSSR count). The van der Waals surface area contributed by atoms with Crippen LogP contribution >= 0.6 is 27.7 Å². The Morgan fingerprint density at radius 2 is 1.59 bits per heavy atom. The van der Waals surface area contributed by atoms with Gasteiger partial charge in [-0.15, -0.1) is 18.3 Å². The Morgan fingerprint density at radius 1 is 1.04 bits per heavy atom. The van der Waals surface area contributed by atoms with Crippen molar-refractivity contribution in [2.45, 2.75) is 4.90 Å². The molecule has 0 bridgehead atoms. The van der Waals surface area contributed by atoms with Gasteiger partial charge in [-0.2, -0.15) is 0 Å². The van der Waals surface area contributed by atoms with E-state index in [9.17, 15) is 9.59 Å². The van der Waals surface area contributed by atoms with E-state index in [1.165, 1.54) is 0 Å². The first-order chi connectivity index (χ1) is 13.0. The van der Waals surface area contributed by atoms with Crippen LogP contribution in [0.25, 0.3) is 0 Å². The molecule has 0 fully saturated rings. The van der Waals surface area contributed by atoms with Crippen LogP contribution in [-0.4, -0.2) is 42.6 Å². The van der Waals surface area contributed by atoms with E-state index in [2.05, 4.69) is 33.1 Å². The van der Waals surface area contributed by atoms with Gasteiger partial charge in [0.15, 0.2) is 0 Å². The molecule has 27 heavy (non-hydrogen) atoms. The molecule has 2 aromatic carbocycles. The minimum Gasteiger partial charge on any atom is -0.324 e. The van der Waals surface area contributed by atoms with Crippen molar-refractivity contribution in [3.8, 4) is 0 Å². The SMILES string of the molecule is C=CCSc1ccccc1NC(=O)CN(C)CC(=O)Nc1ccccc1Br. The summed E-state index contributed by atoms with van der Waals surface area (Å²) in [4.78, 5) is 27.1. The van der Waals surface area contributed by atoms with Crippen LogP contribution in [0.2, 0.25) is 0 Å². The van der Waals surface area contributed by atoms with Gasteiger partial charge in [0, 0.05) is 15.1 Å². The number of hydrogen-bond acceptors (Lipinski definition) is 4. The molecule has 0 unspecified atom stereocenters. The molecule has 0 aromatic heterocycles. The quantitative estimate of drug-likeness (QED) is 0.445. The van der Waals surface area contributed by atoms with Crippen LogP contribution in [0.4, 0.5) is 11.4 Å². The number of para-hydroxylation sites is 2. The predicted octanol–water partition coefficient (Wildman–Crippen LogP) is 4.24. The maximum atomic E-state index is 12.3. The summed E-state index contributed by atoms with van der Waals surface area (Å²) in [5.41, 5.74) is 1.47. The number of anilines is 2. The fraction of sp³-hybridized carbons (Fsp3) is 0.200. The number of carbonyl (C=O) groups is 2. The van der Waals surface area contributed by atoms with Crippen LogP contribution in [0, 0.1) is 0 Å². The highest BCUT2D eigenvalue weighted by atomic mass is 79.9. The maximum absolute atomic E-state index is 12.3. The molecule has 0 spiro atoms. The largest absolute Gasteiger partial charge is 0.324 e. The molecule has 0 atom stereocenters. The zero-order chi connectivity index (χ0) is 19.6. The van der Waals surface area contributed by atoms with Crippen molar-refractivity contribution in [1.82, 2.24) is 4.90 Å². The van der Waals surface area contributed by atoms with Gasteiger partial charge in [-0.25, -0.2) is 0 Å². The monoisotopic (exact) mass is 447 g/mol. The van der Waals surface area contributed by atoms with Crippen molar-refractivity contribution in [1.29, 1.82) is 0 Å². The number of halogens is 1. The van der Waals surface area contributed by atoms with E-state index < -0.39 is 0 Å². The van der Waals surface area contributed by atoms with Gasteiger partial charge in [0.05, 0.1) is 24.5 Å². The predicted molar refractivity (Wildman–Crippen MR) is 116 cm³/mol. The van der Waals surface area contributed by atoms with E-state index in [1.807, 2.05) is 54.6 Å². The Morgan fingerprint density at radius 3 is 2.22 bits per heavy atom. The van der Waals surface area contributed by atoms with Crippen LogP contribution < -0.4 is 10.6 Å². The topological polar surface area (TPSA) is 61.4 Å². The van der Waals surface area contributed by atoms with Crippen molar-refractivity contribution in [2.75, 3.05) is 36.5 Å². The molecule has 7 heteroatoms. The molecule has 0 saturated heterocycles. The zero-order valence-electron chi connectivity index (χ0n) is 15.1. The lowest BCUT2D eigenvalue weighted by molar-refractivity contribution is -0.119. The smallest absolute Gasteiger partial charge is 0.238 e. The molecule has 142 valence electrons. The van der Waals surface area contributed by atoms with Crippen LogP contribution in [0.3, 0.4) is 0 Å². The second-order valence-corrected chi connectivity index (χ2v) is 7.76. The number of rotatable bonds is 9. The second kappa shape index (κ2) is 10.9. The summed E-state index contributed by atoms with van der Waals surface area (Å²) in [7, 11) is 1.73. The minimum absolute atomic E-state index is 0.113. The summed E-state index contributed by atoms with van der Waals surface area (Å²) < 4.78 is 0.812. The van der Waals surface area contributed by atoms with Crippen molar-refractivity contribution >= 4 is 50.9 Å². The second-order valence-electron chi connectivity index (χ2n) is 5.84. The summed E-state index contributed by atoms with van der Waals surface area (Å²) >= 11 is 5.00. The van der Waals surface area contributed by atoms with Gasteiger partial charge >= 0.3 is 0 Å². The standard InChI is InChI=1S/C20H22BrN3O2S/c1-3-12-27-18-11-7-6-10-17(18)23-20(26)14-24(2)13-19(25)22-16-9-5-4-8-15(16)21/h3-11H,1,12-14H2,2H3,(H,22,25)(H,23,26). The van der Waals surface area contributed by atoms with Gasteiger partial charge in [-0.05, 0) is 47.2 Å². The Balaban J connectivity index is 1.86. The number of nitrogens with zero attached hydrogens (tertiary/aromatic N) is 1. The Kier molecular flexibility index (Phi) is 8.57. The summed E-state index contributed by atoms with van der Waals surface area (Å²) in [6.07, 6.45) is 1.82. The molecule has 0 aliphatic heterocycles. The number of carbonyl (C=O) groups excluding carboxylic acids is 2. The first kappa shape index (κ1) is 21.2. The molecule has 0 radical (unpaired) electrons. The lowest BCUT2D eigenvalue weighted by Crippen LogP contribution is -2.36. The van der Waals surface area contributed by atoms with Crippen molar-refractivity contribution < 1.29 is 9.59 Å². The average Bonchev–Trinajstić information content (AvgIpc) is 2.62. The summed E-state index contributed by atoms with van der Waals surface area (Å²) in [6.45, 7) is 3.94. The first-order valence-corrected chi connectivity index (χ1v) is 10.1. The number of amides is 2. The number of likely N-dealkylation sites (N-methyl/N-ethyl adjacent to an activating group) is 1. The van der Waals surface area contributed by atoms with E-state index >= 15 is 0 Å². The minimum atomic E-state index is -0.181. The van der Waals surface area contributed by atoms with Gasteiger partial charge < -0.3 is 10.6 Å². The maximum Gasteiger partial charge on any atom is 0.238 e. The molecule has 0 aliphatic rings. The molecular formula is C20H22BrN3O2S. The van der Waals surface area contributed by atoms with Crippen molar-refractivity contribution in [2.24, 2.45) is 0 Å². The highest BCUT2D eigenvalue weighted by Crippen LogP contribution is 2.26. The van der Waals surface area contributed by atoms with E-state index in [0.717, 1.165) is 20.8 Å². The van der Waals surface area contributed by atoms with Gasteiger partial charge in [0.25, 0.3) is 0 Å². The number of hydrogen-bond donors (Lipinski definition) is 2. The third-order valence-electron chi connectivity index (χ3n) is 3.49. The van der Waals surface area contributed by atoms with E-state index in [0.29, 0.717) is 5.69 Å². The number of nitrogens with one attached hydrogen (secondary N) is 2. The van der Waals surface area contributed by atoms with Crippen LogP contribution in [0.15, 0.2) is 70.6 Å². The van der Waals surface area contributed by atoms with E-state index in [1.54, 1.807) is 23.7 Å². The van der Waals surface area contributed by atoms with Crippen molar-refractivity contribution in [3.63, 3.8) is 0 Å². The number of benzene rings is 2. The molecule has 2 N–H and O–H groups in total. The highest BCUT2D eigenvalue weighted by molar-refractivity contribution is 9.10. The lowest BCUT2D eigenvalue weighted by atomic mass is 10.3. The third kappa shape index (κ3) is 7.21. The van der Waals surface area contributed by atoms with Gasteiger partial charge in [-0.1, -0.05) is 30.3 Å². The fourth-order valence-electron chi connectivity index (χ4n) is 2.33. The van der Waals surface area contributed by atoms with E-state index in [-0.39, 0.29) is 24.9 Å². The van der Waals surface area contributed by atoms with Gasteiger partial charge in [-0.3, -0.25) is 14.5 Å². The zero-order valence-corrected chi connectivity index (χ0v) is 17.5. The molecule has 0 saturated carbocycles. The molecule has 0 heterocycles. The molecule has 5 nitrogen and oxygen atoms in total. The Hall–Kier alpha value is -2.09. The average molecular weight is 448 g/mol. The van der Waals surface area contributed by atoms with Crippen LogP contribution in [0.1, 0.15) is 0 Å². The Labute approximate surface area is 172 Å². The highest BCUT2D eigenvalue weighted by Gasteiger charge is 2.13. The molecular weight excluding hydrogens is 426 g/mol. The van der Waals surface area contributed by atoms with Gasteiger partial charge in [0.2, 0.25) is 11.8 Å². The van der Waals surface area contributed by atoms with Crippen LogP contribution in [0.5, 0.6) is 0 Å². The summed E-state index contributed by atoms with van der Waals surface area (Å²) in [5, 5.41) is 5.73. The lowest BCUT2D eigenvalue weighted by Gasteiger charge is -2.17. The van der Waals surface area contributed by atoms with Crippen LogP contribution in [-0.2, 0) is 9.59 Å². The Bertz CT molecular complexity index is 813. The molecule has 0 aliphatic carbocycles. The fourth-order valence-corrected chi connectivity index (χ4v) is 3.46. The van der Waals surface area contributed by atoms with Gasteiger partial charge in [0.1, 0.15) is 0 Å².